The van der Waals surface area contributed by atoms with Gasteiger partial charge in [0.15, 0.2) is 0 Å². The summed E-state index contributed by atoms with van der Waals surface area (Å²) in [5.41, 5.74) is 33.7. The van der Waals surface area contributed by atoms with E-state index in [1.807, 2.05) is 27.7 Å². The topological polar surface area (TPSA) is 787 Å². The molecule has 48 nitrogen and oxygen atoms in total. The number of carboxylic acid groups (broad SMARTS) is 2. The third kappa shape index (κ3) is 41.6. The maximum absolute atomic E-state index is 14.0. The van der Waals surface area contributed by atoms with Gasteiger partial charge in [0.25, 0.3) is 0 Å². The van der Waals surface area contributed by atoms with E-state index in [1.54, 1.807) is 27.7 Å². The van der Waals surface area contributed by atoms with Crippen LogP contribution in [-0.2, 0) is 118 Å². The van der Waals surface area contributed by atoms with Crippen molar-refractivity contribution in [3.8, 4) is 11.5 Å². The molecule has 0 saturated carbocycles. The fraction of sp³-hybridized carbons (Fsp3) is 0.605. The molecule has 0 bridgehead atoms. The Kier molecular flexibility index (Phi) is 52.5. The molecule has 18 atom stereocenters. The number of carbonyl (C=O) groups is 22. The zero-order valence-corrected chi connectivity index (χ0v) is 81.6. The molecule has 2 aliphatic heterocycles. The van der Waals surface area contributed by atoms with Crippen molar-refractivity contribution in [2.75, 3.05) is 49.2 Å². The largest absolute Gasteiger partial charge is 0.508 e. The number of likely N-dealkylation sites (tertiary alicyclic amines) is 2. The number of thiol groups is 4. The van der Waals surface area contributed by atoms with Crippen molar-refractivity contribution >= 4 is 181 Å². The first-order valence-electron chi connectivity index (χ1n) is 44.7. The zero-order chi connectivity index (χ0) is 104. The highest BCUT2D eigenvalue weighted by molar-refractivity contribution is 7.80. The number of nitrogens with one attached hydrogen (secondary N) is 14. The second-order valence-corrected chi connectivity index (χ2v) is 35.7. The van der Waals surface area contributed by atoms with Crippen LogP contribution in [0.5, 0.6) is 11.5 Å². The summed E-state index contributed by atoms with van der Waals surface area (Å²) in [4.78, 5) is 290. The lowest BCUT2D eigenvalue weighted by atomic mass is 9.96. The number of rotatable bonds is 58. The van der Waals surface area contributed by atoms with Gasteiger partial charge in [-0.15, -0.1) is 0 Å². The molecular formula is C86H134N22O26S4. The molecule has 2 saturated heterocycles. The van der Waals surface area contributed by atoms with Crippen molar-refractivity contribution < 1.29 is 126 Å². The Morgan fingerprint density at radius 2 is 0.652 bits per heavy atom. The molecule has 0 aliphatic carbocycles. The van der Waals surface area contributed by atoms with E-state index in [2.05, 4.69) is 125 Å². The number of primary amides is 4. The quantitative estimate of drug-likeness (QED) is 0.0274. The number of phenolic OH excluding ortho intramolecular Hbond substituents is 2. The first-order valence-corrected chi connectivity index (χ1v) is 47.3. The summed E-state index contributed by atoms with van der Waals surface area (Å²) in [6, 6.07) is -10.3. The SMILES string of the molecule is CC[C@H](C)[C@H](NC(=O)[C@H](Cc1ccc(O)cc1)NC(=O)[C@@H](N)CS)C(=O)N[C@@H](CCC(N)=O)C(=O)N[C@@H](CC(=O)O)C(=O)N[C@@H](CS)C(=O)N1CCC[C@H]1C(=O)N[C@@H](CC(C)C)C(=O)NCC(N)=O.CC[C@H](C)[C@H](NC(=O)[C@H](Cc1ccc(O)cc1)NC(=O)[C@@H](N)CS)C(=O)N[C@@H](CCC(N)=O)C(=O)N[C@@H](CC(=O)O)C(=O)N[C@@H](CS)C(=O)N1CCC[C@H]1C(=O)N[C@@H](CC(C)C)C(=O)NCC(N)=O. The lowest BCUT2D eigenvalue weighted by Gasteiger charge is -2.30. The van der Waals surface area contributed by atoms with Gasteiger partial charge in [0.05, 0.1) is 38.0 Å². The van der Waals surface area contributed by atoms with Gasteiger partial charge < -0.3 is 139 Å². The lowest BCUT2D eigenvalue weighted by Crippen LogP contribution is -2.61. The molecular weight excluding hydrogens is 1890 g/mol. The number of hydrogen-bond donors (Lipinski definition) is 28. The molecule has 768 valence electrons. The predicted octanol–water partition coefficient (Wildman–Crippen LogP) is -7.09. The summed E-state index contributed by atoms with van der Waals surface area (Å²) in [6.07, 6.45) is -2.04. The first-order chi connectivity index (χ1) is 64.8. The van der Waals surface area contributed by atoms with Crippen LogP contribution >= 0.6 is 50.5 Å². The van der Waals surface area contributed by atoms with E-state index < -0.39 is 290 Å². The highest BCUT2D eigenvalue weighted by Crippen LogP contribution is 2.24. The van der Waals surface area contributed by atoms with E-state index in [0.29, 0.717) is 36.8 Å². The Balaban J connectivity index is 0.000000710. The molecule has 52 heteroatoms. The minimum atomic E-state index is -1.88. The van der Waals surface area contributed by atoms with Crippen molar-refractivity contribution in [2.45, 2.75) is 255 Å². The van der Waals surface area contributed by atoms with Crippen LogP contribution in [-0.4, -0.2) is 306 Å². The van der Waals surface area contributed by atoms with E-state index >= 15 is 0 Å². The van der Waals surface area contributed by atoms with Gasteiger partial charge in [-0.1, -0.05) is 92.5 Å². The number of benzene rings is 2. The molecule has 2 fully saturated rings. The third-order valence-corrected chi connectivity index (χ3v) is 23.7. The summed E-state index contributed by atoms with van der Waals surface area (Å²) in [5, 5.41) is 73.5. The number of carboxylic acids is 2. The molecule has 4 rings (SSSR count). The van der Waals surface area contributed by atoms with Crippen LogP contribution < -0.4 is 109 Å². The molecule has 138 heavy (non-hydrogen) atoms. The average molecular weight is 2020 g/mol. The van der Waals surface area contributed by atoms with Gasteiger partial charge in [-0.2, -0.15) is 50.5 Å². The normalized spacial score (nSPS) is 16.8. The van der Waals surface area contributed by atoms with E-state index in [-0.39, 0.29) is 98.0 Å². The number of aliphatic carboxylic acids is 2. The van der Waals surface area contributed by atoms with Crippen LogP contribution in [0.3, 0.4) is 0 Å². The number of nitrogens with zero attached hydrogens (tertiary/aromatic N) is 2. The van der Waals surface area contributed by atoms with Crippen molar-refractivity contribution in [3.05, 3.63) is 59.7 Å². The lowest BCUT2D eigenvalue weighted by molar-refractivity contribution is -0.143. The number of phenols is 2. The second-order valence-electron chi connectivity index (χ2n) is 34.3. The smallest absolute Gasteiger partial charge is 0.305 e. The van der Waals surface area contributed by atoms with Crippen LogP contribution in [0.25, 0.3) is 0 Å². The molecule has 0 unspecified atom stereocenters. The summed E-state index contributed by atoms with van der Waals surface area (Å²) >= 11 is 16.5. The molecule has 30 N–H and O–H groups in total. The predicted molar refractivity (Wildman–Crippen MR) is 511 cm³/mol. The highest BCUT2D eigenvalue weighted by atomic mass is 32.1. The summed E-state index contributed by atoms with van der Waals surface area (Å²) < 4.78 is 0. The van der Waals surface area contributed by atoms with E-state index in [9.17, 15) is 126 Å². The van der Waals surface area contributed by atoms with Crippen molar-refractivity contribution in [1.82, 2.24) is 84.2 Å². The Morgan fingerprint density at radius 1 is 0.362 bits per heavy atom. The minimum absolute atomic E-state index is 0.0486. The van der Waals surface area contributed by atoms with Crippen LogP contribution in [0, 0.1) is 23.7 Å². The van der Waals surface area contributed by atoms with Crippen molar-refractivity contribution in [3.63, 3.8) is 0 Å². The Morgan fingerprint density at radius 3 is 0.928 bits per heavy atom. The number of hydrogen-bond acceptors (Lipinski definition) is 30. The Hall–Kier alpha value is -12.3. The third-order valence-electron chi connectivity index (χ3n) is 22.1. The summed E-state index contributed by atoms with van der Waals surface area (Å²) in [7, 11) is 0. The monoisotopic (exact) mass is 2020 g/mol. The highest BCUT2D eigenvalue weighted by Gasteiger charge is 2.44. The molecule has 2 aromatic carbocycles. The number of amides is 20. The minimum Gasteiger partial charge on any atom is -0.508 e. The van der Waals surface area contributed by atoms with E-state index in [4.69, 9.17) is 34.4 Å². The standard InChI is InChI=1S/2C43H67N11O13S2/c2*1-5-22(4)35(53-40(64)28(49-36(60)25(44)19-68)16-23-8-10-24(55)11-9-23)42(66)48-26(12-13-32(45)56)38(62)50-29(17-34(58)59)39(63)52-30(20-69)43(67)54-14-6-7-31(54)41(65)51-27(15-21(2)3)37(61)47-18-33(46)57/h2*8-11,21-22,25-31,35,55,68-69H,5-7,12-20,44H2,1-4H3,(H2,45,56)(H2,46,57)(H,47,61)(H,48,66)(H,49,60)(H,50,62)(H,51,65)(H,52,63)(H,53,64)(H,58,59)/t2*22-,25-,26-,27-,28-,29-,30-,31-,35-/m00/s1. The van der Waals surface area contributed by atoms with Crippen molar-refractivity contribution in [2.24, 2.45) is 58.1 Å². The summed E-state index contributed by atoms with van der Waals surface area (Å²) in [5.74, 6) is -22.6. The van der Waals surface area contributed by atoms with E-state index in [0.717, 1.165) is 0 Å². The second kappa shape index (κ2) is 60.4. The molecule has 0 aromatic heterocycles. The first kappa shape index (κ1) is 120. The molecule has 20 amide bonds. The van der Waals surface area contributed by atoms with Gasteiger partial charge in [0, 0.05) is 61.8 Å². The van der Waals surface area contributed by atoms with Crippen molar-refractivity contribution in [1.29, 1.82) is 0 Å². The molecule has 2 aliphatic rings. The van der Waals surface area contributed by atoms with Gasteiger partial charge in [-0.25, -0.2) is 0 Å². The summed E-state index contributed by atoms with van der Waals surface area (Å²) in [6.45, 7) is 13.1. The maximum Gasteiger partial charge on any atom is 0.305 e. The number of nitrogens with two attached hydrogens (primary N) is 6. The van der Waals surface area contributed by atoms with Crippen LogP contribution in [0.1, 0.15) is 156 Å². The Labute approximate surface area is 819 Å². The van der Waals surface area contributed by atoms with Gasteiger partial charge in [-0.3, -0.25) is 105 Å². The van der Waals surface area contributed by atoms with Gasteiger partial charge in [0.2, 0.25) is 118 Å². The van der Waals surface area contributed by atoms with Gasteiger partial charge in [-0.05, 0) is 110 Å². The fourth-order valence-corrected chi connectivity index (χ4v) is 15.0. The number of aromatic hydroxyl groups is 2. The fourth-order valence-electron chi connectivity index (χ4n) is 14.2. The molecule has 2 heterocycles. The zero-order valence-electron chi connectivity index (χ0n) is 78.1. The molecule has 2 aromatic rings. The molecule has 0 spiro atoms. The van der Waals surface area contributed by atoms with E-state index in [1.165, 1.54) is 58.3 Å². The average Bonchev–Trinajstić information content (AvgIpc) is 1.51. The van der Waals surface area contributed by atoms with Gasteiger partial charge in [0.1, 0.15) is 96.1 Å². The van der Waals surface area contributed by atoms with Crippen LogP contribution in [0.2, 0.25) is 0 Å². The molecule has 0 radical (unpaired) electrons. The Bertz CT molecular complexity index is 4300. The van der Waals surface area contributed by atoms with Crippen LogP contribution in [0.4, 0.5) is 0 Å². The van der Waals surface area contributed by atoms with Crippen LogP contribution in [0.15, 0.2) is 48.5 Å². The maximum atomic E-state index is 14.0. The van der Waals surface area contributed by atoms with Gasteiger partial charge >= 0.3 is 11.9 Å². The number of carbonyl (C=O) groups excluding carboxylic acids is 20.